The second kappa shape index (κ2) is 9.01. The van der Waals surface area contributed by atoms with Gasteiger partial charge in [-0.15, -0.1) is 11.3 Å². The lowest BCUT2D eigenvalue weighted by molar-refractivity contribution is 0.0526. The summed E-state index contributed by atoms with van der Waals surface area (Å²) in [4.78, 5) is 27.6. The maximum atomic E-state index is 12.1. The normalized spacial score (nSPS) is 13.8. The predicted octanol–water partition coefficient (Wildman–Crippen LogP) is 2.69. The molecule has 2 aromatic rings. The molecule has 0 fully saturated rings. The number of rotatable bonds is 7. The molecule has 0 spiro atoms. The van der Waals surface area contributed by atoms with Crippen LogP contribution in [0.2, 0.25) is 0 Å². The largest absolute Gasteiger partial charge is 0.462 e. The number of nitrogens with zero attached hydrogens (tertiary/aromatic N) is 1. The Kier molecular flexibility index (Phi) is 6.47. The molecule has 0 radical (unpaired) electrons. The topological polar surface area (TPSA) is 84.7 Å². The molecule has 6 nitrogen and oxygen atoms in total. The van der Waals surface area contributed by atoms with Gasteiger partial charge in [0.25, 0.3) is 5.91 Å². The molecule has 1 aliphatic rings. The zero-order chi connectivity index (χ0) is 19.2. The van der Waals surface area contributed by atoms with Crippen molar-refractivity contribution in [1.29, 1.82) is 0 Å². The van der Waals surface area contributed by atoms with Crippen molar-refractivity contribution in [2.75, 3.05) is 32.0 Å². The van der Waals surface area contributed by atoms with Gasteiger partial charge in [0.1, 0.15) is 5.00 Å². The van der Waals surface area contributed by atoms with Gasteiger partial charge in [0.2, 0.25) is 0 Å². The summed E-state index contributed by atoms with van der Waals surface area (Å²) < 4.78 is 5.13. The Morgan fingerprint density at radius 2 is 2.07 bits per heavy atom. The zero-order valence-corrected chi connectivity index (χ0v) is 16.3. The van der Waals surface area contributed by atoms with E-state index in [0.717, 1.165) is 42.9 Å². The lowest BCUT2D eigenvalue weighted by Gasteiger charge is -2.27. The smallest absolute Gasteiger partial charge is 0.341 e. The second-order valence-corrected chi connectivity index (χ2v) is 7.60. The number of amides is 1. The monoisotopic (exact) mass is 387 g/mol. The Morgan fingerprint density at radius 1 is 1.30 bits per heavy atom. The van der Waals surface area contributed by atoms with Gasteiger partial charge < -0.3 is 15.8 Å². The van der Waals surface area contributed by atoms with E-state index >= 15 is 0 Å². The van der Waals surface area contributed by atoms with Gasteiger partial charge in [-0.1, -0.05) is 18.2 Å². The average molecular weight is 388 g/mol. The number of esters is 1. The Bertz CT molecular complexity index is 804. The summed E-state index contributed by atoms with van der Waals surface area (Å²) in [6, 6.07) is 9.23. The summed E-state index contributed by atoms with van der Waals surface area (Å²) >= 11 is 1.48. The summed E-state index contributed by atoms with van der Waals surface area (Å²) in [6.45, 7) is 5.34. The fourth-order valence-electron chi connectivity index (χ4n) is 3.29. The molecule has 1 amide bonds. The van der Waals surface area contributed by atoms with Crippen LogP contribution in [0.5, 0.6) is 0 Å². The van der Waals surface area contributed by atoms with E-state index in [2.05, 4.69) is 10.2 Å². The van der Waals surface area contributed by atoms with Crippen LogP contribution in [0.4, 0.5) is 5.00 Å². The minimum Gasteiger partial charge on any atom is -0.462 e. The fraction of sp³-hybridized carbons (Fsp3) is 0.400. The Labute approximate surface area is 163 Å². The molecule has 0 saturated carbocycles. The van der Waals surface area contributed by atoms with Crippen LogP contribution in [-0.4, -0.2) is 43.0 Å². The second-order valence-electron chi connectivity index (χ2n) is 6.47. The van der Waals surface area contributed by atoms with Crippen molar-refractivity contribution in [3.8, 4) is 0 Å². The summed E-state index contributed by atoms with van der Waals surface area (Å²) in [6.07, 6.45) is 1.67. The number of hydrogen-bond donors (Lipinski definition) is 2. The molecule has 1 aliphatic heterocycles. The zero-order valence-electron chi connectivity index (χ0n) is 15.5. The van der Waals surface area contributed by atoms with Crippen molar-refractivity contribution in [3.63, 3.8) is 0 Å². The Morgan fingerprint density at radius 3 is 2.81 bits per heavy atom. The van der Waals surface area contributed by atoms with Gasteiger partial charge in [0, 0.05) is 36.6 Å². The van der Waals surface area contributed by atoms with E-state index in [9.17, 15) is 9.59 Å². The number of fused-ring (bicyclic) bond motifs is 1. The standard InChI is InChI=1S/C20H25N3O3S/c1-2-26-20(25)17-15-9-12-23(13-16(15)27-18(17)21)11-6-10-22-19(24)14-7-4-3-5-8-14/h3-5,7-8H,2,6,9-13,21H2,1H3,(H,22,24). The van der Waals surface area contributed by atoms with Gasteiger partial charge in [-0.3, -0.25) is 9.69 Å². The molecule has 0 saturated heterocycles. The first-order chi connectivity index (χ1) is 13.1. The molecule has 0 atom stereocenters. The third-order valence-corrected chi connectivity index (χ3v) is 5.66. The highest BCUT2D eigenvalue weighted by molar-refractivity contribution is 7.16. The number of nitrogens with one attached hydrogen (secondary N) is 1. The molecule has 1 aromatic carbocycles. The molecule has 0 bridgehead atoms. The number of nitrogen functional groups attached to an aromatic ring is 1. The van der Waals surface area contributed by atoms with E-state index < -0.39 is 0 Å². The van der Waals surface area contributed by atoms with E-state index in [1.54, 1.807) is 6.92 Å². The molecule has 2 heterocycles. The summed E-state index contributed by atoms with van der Waals surface area (Å²) in [5.41, 5.74) is 8.35. The van der Waals surface area contributed by atoms with Crippen molar-refractivity contribution in [1.82, 2.24) is 10.2 Å². The number of thiophene rings is 1. The molecule has 7 heteroatoms. The van der Waals surface area contributed by atoms with E-state index in [0.29, 0.717) is 29.3 Å². The van der Waals surface area contributed by atoms with Crippen LogP contribution in [0.25, 0.3) is 0 Å². The number of ether oxygens (including phenoxy) is 1. The average Bonchev–Trinajstić information content (AvgIpc) is 3.01. The van der Waals surface area contributed by atoms with Crippen LogP contribution in [0.15, 0.2) is 30.3 Å². The lowest BCUT2D eigenvalue weighted by Crippen LogP contribution is -2.33. The number of hydrogen-bond acceptors (Lipinski definition) is 6. The van der Waals surface area contributed by atoms with Crippen LogP contribution < -0.4 is 11.1 Å². The van der Waals surface area contributed by atoms with E-state index in [-0.39, 0.29) is 11.9 Å². The molecular formula is C20H25N3O3S. The number of carbonyl (C=O) groups excluding carboxylic acids is 2. The van der Waals surface area contributed by atoms with Crippen LogP contribution in [0, 0.1) is 0 Å². The van der Waals surface area contributed by atoms with Gasteiger partial charge >= 0.3 is 5.97 Å². The van der Waals surface area contributed by atoms with Gasteiger partial charge in [0.05, 0.1) is 12.2 Å². The third kappa shape index (κ3) is 4.67. The van der Waals surface area contributed by atoms with Gasteiger partial charge in [-0.2, -0.15) is 0 Å². The van der Waals surface area contributed by atoms with Crippen molar-refractivity contribution in [2.24, 2.45) is 0 Å². The van der Waals surface area contributed by atoms with Crippen molar-refractivity contribution in [2.45, 2.75) is 26.3 Å². The van der Waals surface area contributed by atoms with Crippen LogP contribution in [-0.2, 0) is 17.7 Å². The third-order valence-electron chi connectivity index (χ3n) is 4.62. The van der Waals surface area contributed by atoms with E-state index in [1.165, 1.54) is 11.3 Å². The number of anilines is 1. The molecular weight excluding hydrogens is 362 g/mol. The number of carbonyl (C=O) groups is 2. The summed E-state index contributed by atoms with van der Waals surface area (Å²) in [5.74, 6) is -0.355. The predicted molar refractivity (Wildman–Crippen MR) is 107 cm³/mol. The maximum Gasteiger partial charge on any atom is 0.341 e. The minimum atomic E-state index is -0.315. The van der Waals surface area contributed by atoms with Gasteiger partial charge in [-0.25, -0.2) is 4.79 Å². The van der Waals surface area contributed by atoms with Crippen molar-refractivity contribution >= 4 is 28.2 Å². The van der Waals surface area contributed by atoms with E-state index in [1.807, 2.05) is 30.3 Å². The van der Waals surface area contributed by atoms with E-state index in [4.69, 9.17) is 10.5 Å². The van der Waals surface area contributed by atoms with Gasteiger partial charge in [0.15, 0.2) is 0 Å². The molecule has 0 unspecified atom stereocenters. The molecule has 3 rings (SSSR count). The molecule has 1 aromatic heterocycles. The quantitative estimate of drug-likeness (QED) is 0.564. The molecule has 0 aliphatic carbocycles. The highest BCUT2D eigenvalue weighted by Crippen LogP contribution is 2.35. The van der Waals surface area contributed by atoms with Crippen LogP contribution in [0.1, 0.15) is 44.5 Å². The molecule has 3 N–H and O–H groups in total. The van der Waals surface area contributed by atoms with Gasteiger partial charge in [-0.05, 0) is 37.5 Å². The van der Waals surface area contributed by atoms with Crippen molar-refractivity contribution in [3.05, 3.63) is 51.9 Å². The van der Waals surface area contributed by atoms with Crippen LogP contribution in [0.3, 0.4) is 0 Å². The first-order valence-corrected chi connectivity index (χ1v) is 10.0. The first kappa shape index (κ1) is 19.4. The maximum absolute atomic E-state index is 12.1. The highest BCUT2D eigenvalue weighted by Gasteiger charge is 2.27. The Hall–Kier alpha value is -2.38. The summed E-state index contributed by atoms with van der Waals surface area (Å²) in [7, 11) is 0. The van der Waals surface area contributed by atoms with Crippen LogP contribution >= 0.6 is 11.3 Å². The van der Waals surface area contributed by atoms with Crippen molar-refractivity contribution < 1.29 is 14.3 Å². The minimum absolute atomic E-state index is 0.0401. The first-order valence-electron chi connectivity index (χ1n) is 9.23. The molecule has 144 valence electrons. The molecule has 27 heavy (non-hydrogen) atoms. The highest BCUT2D eigenvalue weighted by atomic mass is 32.1. The lowest BCUT2D eigenvalue weighted by atomic mass is 10.0. The number of nitrogens with two attached hydrogens (primary N) is 1. The fourth-order valence-corrected chi connectivity index (χ4v) is 4.44. The Balaban J connectivity index is 1.48. The SMILES string of the molecule is CCOC(=O)c1c(N)sc2c1CCN(CCCNC(=O)c1ccccc1)C2. The summed E-state index contributed by atoms with van der Waals surface area (Å²) in [5, 5.41) is 3.51. The number of benzene rings is 1.